The summed E-state index contributed by atoms with van der Waals surface area (Å²) >= 11 is 7.41. The number of esters is 1. The number of nitrogens with zero attached hydrogens (tertiary/aromatic N) is 2. The number of benzene rings is 4. The van der Waals surface area contributed by atoms with Gasteiger partial charge in [0.2, 0.25) is 22.0 Å². The number of carbonyl (C=O) groups is 10. The van der Waals surface area contributed by atoms with Crippen LogP contribution in [0.15, 0.2) is 132 Å². The minimum Gasteiger partial charge on any atom is -0.662 e. The Morgan fingerprint density at radius 3 is 1.47 bits per heavy atom. The Labute approximate surface area is 468 Å². The molecule has 0 aromatic heterocycles. The van der Waals surface area contributed by atoms with Crippen LogP contribution in [0.1, 0.15) is 51.6 Å². The first-order chi connectivity index (χ1) is 35.3. The summed E-state index contributed by atoms with van der Waals surface area (Å²) in [5.41, 5.74) is 3.10. The molecule has 2 amide bonds. The second kappa shape index (κ2) is 30.0. The zero-order valence-electron chi connectivity index (χ0n) is 40.0. The average molecular weight is 1120 g/mol. The van der Waals surface area contributed by atoms with Crippen molar-refractivity contribution < 1.29 is 111 Å². The third kappa shape index (κ3) is 17.3. The number of Topliss-reactive ketones (excluding diaryl/α,β-unsaturated/α-hetero) is 2. The van der Waals surface area contributed by atoms with Gasteiger partial charge in [-0.3, -0.25) is 48.2 Å². The molecule has 0 radical (unpaired) electrons. The summed E-state index contributed by atoms with van der Waals surface area (Å²) in [5.74, 6) is -5.29. The molecule has 2 fully saturated rings. The predicted molar refractivity (Wildman–Crippen MR) is 269 cm³/mol. The van der Waals surface area contributed by atoms with Gasteiger partial charge in [-0.1, -0.05) is 96.7 Å². The minimum absolute atomic E-state index is 0. The van der Waals surface area contributed by atoms with Crippen LogP contribution in [-0.4, -0.2) is 113 Å². The van der Waals surface area contributed by atoms with Crippen molar-refractivity contribution in [2.24, 2.45) is 11.8 Å². The summed E-state index contributed by atoms with van der Waals surface area (Å²) in [5, 5.41) is 26.5. The Hall–Kier alpha value is -5.92. The zero-order valence-corrected chi connectivity index (χ0v) is 45.3. The number of carboxylic acids is 2. The second-order valence-corrected chi connectivity index (χ2v) is 19.8. The fourth-order valence-electron chi connectivity index (χ4n) is 7.73. The standard InChI is InChI=1S/C24H20FNO5S2.C19H18FNO6S.C7H6OS.CH2O3.Na/c25-17-8-6-14(7-9-17)10-18(27)11-19-21(28)26-20(23(29)30)16(12-32-22(19)26)13-33-24(31)15-4-2-1-3-5-15;1-10(22)27-8-12-9-28-18-15(17(24)21(18)16(12)19(25)26)7-14(23)6-11-2-4-13(20)5-3-11;8-7(9)6-4-2-1-3-5-6;2-1-4-3;/h1-9,19,22H,10-13H2,(H,29,30);2-5,15,18H,6-9H2,1H3,(H,25,26);1-5H,(H,8,9);1,3H;/q;;;;+1/p-1/t19-,22-;15-,18-;;;/m11.../s1. The van der Waals surface area contributed by atoms with E-state index in [9.17, 15) is 62.1 Å². The van der Waals surface area contributed by atoms with Gasteiger partial charge in [0.15, 0.2) is 0 Å². The van der Waals surface area contributed by atoms with Crippen LogP contribution in [0.25, 0.3) is 0 Å². The number of amides is 2. The van der Waals surface area contributed by atoms with Crippen molar-refractivity contribution >= 4 is 106 Å². The number of ketones is 2. The first-order valence-electron chi connectivity index (χ1n) is 22.0. The summed E-state index contributed by atoms with van der Waals surface area (Å²) in [6.45, 7) is 0.853. The number of aliphatic carboxylic acids is 2. The van der Waals surface area contributed by atoms with Crippen molar-refractivity contribution in [2.45, 2.75) is 43.4 Å². The number of thiol groups is 1. The number of ether oxygens (including phenoxy) is 1. The van der Waals surface area contributed by atoms with Crippen LogP contribution in [0.3, 0.4) is 0 Å². The molecule has 2 N–H and O–H groups in total. The van der Waals surface area contributed by atoms with E-state index in [4.69, 9.17) is 14.8 Å². The molecule has 4 aromatic rings. The molecule has 0 bridgehead atoms. The molecule has 4 aliphatic heterocycles. The van der Waals surface area contributed by atoms with E-state index in [0.29, 0.717) is 44.9 Å². The van der Waals surface area contributed by atoms with E-state index in [1.165, 1.54) is 88.8 Å². The fourth-order valence-corrected chi connectivity index (χ4v) is 11.7. The smallest absolute Gasteiger partial charge is 0.662 e. The molecule has 0 saturated carbocycles. The van der Waals surface area contributed by atoms with E-state index in [1.807, 2.05) is 18.2 Å². The molecule has 0 unspecified atom stereocenters. The predicted octanol–water partition coefficient (Wildman–Crippen LogP) is 2.73. The normalized spacial score (nSPS) is 17.9. The van der Waals surface area contributed by atoms with Crippen LogP contribution in [0.4, 0.5) is 8.78 Å². The van der Waals surface area contributed by atoms with E-state index in [0.717, 1.165) is 11.8 Å². The van der Waals surface area contributed by atoms with Crippen molar-refractivity contribution in [3.63, 3.8) is 0 Å². The van der Waals surface area contributed by atoms with Crippen LogP contribution in [0.2, 0.25) is 0 Å². The average Bonchev–Trinajstić information content (AvgIpc) is 3.39. The number of carbonyl (C=O) groups excluding carboxylic acids is 8. The number of fused-ring (bicyclic) bond motifs is 2. The Morgan fingerprint density at radius 2 is 1.09 bits per heavy atom. The molecule has 8 rings (SSSR count). The van der Waals surface area contributed by atoms with E-state index < -0.39 is 58.1 Å². The summed E-state index contributed by atoms with van der Waals surface area (Å²) in [6, 6.07) is 28.8. The van der Waals surface area contributed by atoms with E-state index >= 15 is 0 Å². The van der Waals surface area contributed by atoms with Crippen LogP contribution < -0.4 is 34.8 Å². The molecule has 24 heteroatoms. The largest absolute Gasteiger partial charge is 1.00 e. The zero-order chi connectivity index (χ0) is 54.1. The van der Waals surface area contributed by atoms with Gasteiger partial charge in [0.1, 0.15) is 41.2 Å². The molecule has 388 valence electrons. The molecule has 4 aliphatic rings. The second-order valence-electron chi connectivity index (χ2n) is 16.2. The van der Waals surface area contributed by atoms with Gasteiger partial charge in [-0.2, -0.15) is 0 Å². The molecule has 4 aromatic carbocycles. The maximum atomic E-state index is 13.0. The van der Waals surface area contributed by atoms with Gasteiger partial charge in [0.25, 0.3) is 6.47 Å². The van der Waals surface area contributed by atoms with Gasteiger partial charge in [0.05, 0.1) is 22.6 Å². The SMILES string of the molecule is CC(=O)OCC1=C(C(=O)O)N2C(=O)[C@@H](CC(=O)Cc3ccc(F)cc3)[C@H]2SC1.O=C(Cc1ccc(F)cc1)C[C@@H]1C(=O)N2C(C(=O)O)=C(CSC(=O)c3ccccc3)CS[C@H]12.O=C(S)c1ccccc1.O=CO[O-].[Na+]. The molecule has 75 heavy (non-hydrogen) atoms. The maximum absolute atomic E-state index is 13.0. The Kier molecular flexibility index (Phi) is 24.6. The van der Waals surface area contributed by atoms with E-state index in [2.05, 4.69) is 17.5 Å². The van der Waals surface area contributed by atoms with Crippen molar-refractivity contribution in [1.29, 1.82) is 0 Å². The molecule has 2 saturated heterocycles. The molecule has 0 aliphatic carbocycles. The van der Waals surface area contributed by atoms with Gasteiger partial charge < -0.3 is 25.1 Å². The van der Waals surface area contributed by atoms with Crippen molar-refractivity contribution in [2.75, 3.05) is 23.9 Å². The summed E-state index contributed by atoms with van der Waals surface area (Å²) < 4.78 is 30.9. The number of halogens is 2. The molecule has 4 atom stereocenters. The molecule has 4 heterocycles. The number of rotatable bonds is 17. The van der Waals surface area contributed by atoms with Crippen molar-refractivity contribution in [1.82, 2.24) is 9.80 Å². The number of hydrogen-bond acceptors (Lipinski definition) is 16. The first kappa shape index (κ1) is 61.6. The van der Waals surface area contributed by atoms with Crippen LogP contribution in [0.5, 0.6) is 0 Å². The molecule has 0 spiro atoms. The van der Waals surface area contributed by atoms with Gasteiger partial charge in [-0.05, 0) is 41.0 Å². The monoisotopic (exact) mass is 1110 g/mol. The van der Waals surface area contributed by atoms with Crippen LogP contribution in [0, 0.1) is 23.5 Å². The minimum atomic E-state index is -1.27. The topological polar surface area (TPSA) is 259 Å². The first-order valence-corrected chi connectivity index (χ1v) is 25.6. The molecule has 17 nitrogen and oxygen atoms in total. The Morgan fingerprint density at radius 1 is 0.693 bits per heavy atom. The maximum Gasteiger partial charge on any atom is 1.00 e. The van der Waals surface area contributed by atoms with E-state index in [1.54, 1.807) is 42.5 Å². The Balaban J connectivity index is 0.000000261. The number of thioether (sulfide) groups is 3. The van der Waals surface area contributed by atoms with Gasteiger partial charge in [0, 0.05) is 66.6 Å². The number of carboxylic acid groups (broad SMARTS) is 2. The molecular formula is C51H45F2N2NaO15S4. The van der Waals surface area contributed by atoms with E-state index in [-0.39, 0.29) is 113 Å². The van der Waals surface area contributed by atoms with Gasteiger partial charge >= 0.3 is 47.5 Å². The number of hydrogen-bond donors (Lipinski definition) is 3. The van der Waals surface area contributed by atoms with Gasteiger partial charge in [-0.15, -0.1) is 36.2 Å². The molecular weight excluding hydrogens is 1070 g/mol. The van der Waals surface area contributed by atoms with Crippen LogP contribution >= 0.6 is 47.9 Å². The number of β-lactam (4-membered cyclic amide) rings is 2. The Bertz CT molecular complexity index is 2820. The van der Waals surface area contributed by atoms with Crippen LogP contribution in [-0.2, 0) is 60.8 Å². The van der Waals surface area contributed by atoms with Gasteiger partial charge in [-0.25, -0.2) is 18.4 Å². The van der Waals surface area contributed by atoms with Crippen molar-refractivity contribution in [3.05, 3.63) is 166 Å². The fraction of sp³-hybridized carbons (Fsp3) is 0.255. The quantitative estimate of drug-likeness (QED) is 0.0261. The third-order valence-electron chi connectivity index (χ3n) is 11.1. The summed E-state index contributed by atoms with van der Waals surface area (Å²) in [4.78, 5) is 121. The summed E-state index contributed by atoms with van der Waals surface area (Å²) in [6.07, 6.45) is 0.178. The van der Waals surface area contributed by atoms with Crippen molar-refractivity contribution in [3.8, 4) is 0 Å². The summed E-state index contributed by atoms with van der Waals surface area (Å²) in [7, 11) is 0. The third-order valence-corrected chi connectivity index (χ3v) is 15.2.